The predicted molar refractivity (Wildman–Crippen MR) is 99.9 cm³/mol. The first-order valence-corrected chi connectivity index (χ1v) is 8.71. The molecule has 4 rings (SSSR count). The maximum Gasteiger partial charge on any atom is 0.307 e. The number of aromatic nitrogens is 3. The number of carboxylic acids is 1. The predicted octanol–water partition coefficient (Wildman–Crippen LogP) is 4.61. The molecule has 0 saturated carbocycles. The average molecular weight is 370 g/mol. The van der Waals surface area contributed by atoms with Crippen molar-refractivity contribution < 1.29 is 9.90 Å². The first kappa shape index (κ1) is 15.8. The van der Waals surface area contributed by atoms with E-state index >= 15 is 0 Å². The molecule has 0 spiro atoms. The number of carbonyl (C=O) groups is 1. The van der Waals surface area contributed by atoms with Crippen LogP contribution in [0, 0.1) is 0 Å². The smallest absolute Gasteiger partial charge is 0.307 e. The molecule has 0 radical (unpaired) electrons. The number of carboxylic acid groups (broad SMARTS) is 1. The second-order valence-corrected chi connectivity index (χ2v) is 6.97. The highest BCUT2D eigenvalue weighted by atomic mass is 35.5. The van der Waals surface area contributed by atoms with Gasteiger partial charge in [0, 0.05) is 16.8 Å². The van der Waals surface area contributed by atoms with E-state index in [2.05, 4.69) is 10.1 Å². The Bertz CT molecular complexity index is 1130. The zero-order chi connectivity index (χ0) is 17.4. The first-order chi connectivity index (χ1) is 12.1. The van der Waals surface area contributed by atoms with Gasteiger partial charge in [0.05, 0.1) is 28.4 Å². The second kappa shape index (κ2) is 6.31. The Morgan fingerprint density at radius 1 is 1.32 bits per heavy atom. The van der Waals surface area contributed by atoms with Crippen molar-refractivity contribution in [2.24, 2.45) is 0 Å². The molecule has 0 atom stereocenters. The topological polar surface area (TPSA) is 67.5 Å². The standard InChI is InChI=1S/C18H12ClN3O2S/c19-13-4-5-16-14(9-13)21-18(25-16)11(8-17(23)24)7-12-10-20-22-6-2-1-3-15(12)22/h1-7,9-10H,8H2,(H,23,24). The highest BCUT2D eigenvalue weighted by Crippen LogP contribution is 2.32. The van der Waals surface area contributed by atoms with Gasteiger partial charge in [0.2, 0.25) is 0 Å². The third-order valence-corrected chi connectivity index (χ3v) is 5.10. The Morgan fingerprint density at radius 2 is 2.20 bits per heavy atom. The van der Waals surface area contributed by atoms with Gasteiger partial charge in [-0.2, -0.15) is 5.10 Å². The van der Waals surface area contributed by atoms with E-state index in [1.165, 1.54) is 11.3 Å². The molecule has 4 aromatic rings. The van der Waals surface area contributed by atoms with E-state index in [9.17, 15) is 9.90 Å². The molecule has 0 aliphatic rings. The summed E-state index contributed by atoms with van der Waals surface area (Å²) in [6.45, 7) is 0. The van der Waals surface area contributed by atoms with Gasteiger partial charge in [0.15, 0.2) is 0 Å². The van der Waals surface area contributed by atoms with Crippen LogP contribution in [0.5, 0.6) is 0 Å². The zero-order valence-corrected chi connectivity index (χ0v) is 14.5. The molecular formula is C18H12ClN3O2S. The van der Waals surface area contributed by atoms with Crippen molar-refractivity contribution in [1.29, 1.82) is 0 Å². The molecule has 1 N–H and O–H groups in total. The fourth-order valence-corrected chi connectivity index (χ4v) is 3.77. The molecule has 3 aromatic heterocycles. The van der Waals surface area contributed by atoms with Gasteiger partial charge >= 0.3 is 5.97 Å². The molecule has 0 bridgehead atoms. The van der Waals surface area contributed by atoms with E-state index in [1.807, 2.05) is 36.5 Å². The maximum absolute atomic E-state index is 11.3. The van der Waals surface area contributed by atoms with Gasteiger partial charge in [-0.05, 0) is 42.0 Å². The SMILES string of the molecule is O=C(O)CC(=Cc1cnn2ccccc12)c1nc2cc(Cl)ccc2s1. The Balaban J connectivity index is 1.85. The van der Waals surface area contributed by atoms with Gasteiger partial charge in [-0.1, -0.05) is 17.7 Å². The summed E-state index contributed by atoms with van der Waals surface area (Å²) in [5.74, 6) is -0.903. The van der Waals surface area contributed by atoms with Crippen LogP contribution in [0.15, 0.2) is 48.8 Å². The number of halogens is 1. The summed E-state index contributed by atoms with van der Waals surface area (Å²) in [6.07, 6.45) is 5.30. The minimum atomic E-state index is -0.903. The molecule has 0 aliphatic carbocycles. The van der Waals surface area contributed by atoms with Crippen molar-refractivity contribution in [3.8, 4) is 0 Å². The van der Waals surface area contributed by atoms with E-state index in [1.54, 1.807) is 22.8 Å². The highest BCUT2D eigenvalue weighted by Gasteiger charge is 2.14. The van der Waals surface area contributed by atoms with Crippen LogP contribution >= 0.6 is 22.9 Å². The minimum absolute atomic E-state index is 0.113. The molecule has 1 aromatic carbocycles. The van der Waals surface area contributed by atoms with E-state index in [0.717, 1.165) is 21.3 Å². The number of thiazole rings is 1. The van der Waals surface area contributed by atoms with Gasteiger partial charge < -0.3 is 5.11 Å². The van der Waals surface area contributed by atoms with Crippen molar-refractivity contribution in [2.75, 3.05) is 0 Å². The number of benzene rings is 1. The molecule has 5 nitrogen and oxygen atoms in total. The summed E-state index contributed by atoms with van der Waals surface area (Å²) in [4.78, 5) is 15.9. The quantitative estimate of drug-likeness (QED) is 0.570. The molecule has 3 heterocycles. The van der Waals surface area contributed by atoms with Crippen LogP contribution in [0.3, 0.4) is 0 Å². The van der Waals surface area contributed by atoms with Gasteiger partial charge in [-0.15, -0.1) is 11.3 Å². The number of rotatable bonds is 4. The lowest BCUT2D eigenvalue weighted by molar-refractivity contribution is -0.135. The molecule has 0 aliphatic heterocycles. The lowest BCUT2D eigenvalue weighted by Gasteiger charge is -2.00. The Labute approximate surface area is 151 Å². The average Bonchev–Trinajstić information content (AvgIpc) is 3.18. The van der Waals surface area contributed by atoms with Crippen molar-refractivity contribution >= 4 is 56.3 Å². The van der Waals surface area contributed by atoms with Crippen molar-refractivity contribution in [2.45, 2.75) is 6.42 Å². The molecule has 0 unspecified atom stereocenters. The van der Waals surface area contributed by atoms with Gasteiger partial charge in [0.1, 0.15) is 5.01 Å². The number of nitrogens with zero attached hydrogens (tertiary/aromatic N) is 3. The fourth-order valence-electron chi connectivity index (χ4n) is 2.64. The first-order valence-electron chi connectivity index (χ1n) is 7.51. The summed E-state index contributed by atoms with van der Waals surface area (Å²) in [6, 6.07) is 11.2. The van der Waals surface area contributed by atoms with Gasteiger partial charge in [0.25, 0.3) is 0 Å². The molecule has 0 amide bonds. The summed E-state index contributed by atoms with van der Waals surface area (Å²) in [5, 5.41) is 14.9. The molecular weight excluding hydrogens is 358 g/mol. The van der Waals surface area contributed by atoms with E-state index in [4.69, 9.17) is 11.6 Å². The number of aliphatic carboxylic acids is 1. The molecule has 0 saturated heterocycles. The molecule has 25 heavy (non-hydrogen) atoms. The molecule has 7 heteroatoms. The number of hydrogen-bond donors (Lipinski definition) is 1. The van der Waals surface area contributed by atoms with E-state index in [-0.39, 0.29) is 6.42 Å². The van der Waals surface area contributed by atoms with Crippen LogP contribution in [0.4, 0.5) is 0 Å². The lowest BCUT2D eigenvalue weighted by atomic mass is 10.1. The third-order valence-electron chi connectivity index (χ3n) is 3.75. The number of hydrogen-bond acceptors (Lipinski definition) is 4. The van der Waals surface area contributed by atoms with Crippen LogP contribution < -0.4 is 0 Å². The fraction of sp³-hybridized carbons (Fsp3) is 0.0556. The summed E-state index contributed by atoms with van der Waals surface area (Å²) >= 11 is 7.47. The third kappa shape index (κ3) is 3.14. The van der Waals surface area contributed by atoms with Crippen LogP contribution in [0.2, 0.25) is 5.02 Å². The Hall–Kier alpha value is -2.70. The van der Waals surface area contributed by atoms with Crippen LogP contribution in [0.25, 0.3) is 27.4 Å². The van der Waals surface area contributed by atoms with Gasteiger partial charge in [-0.3, -0.25) is 4.79 Å². The van der Waals surface area contributed by atoms with Crippen LogP contribution in [0.1, 0.15) is 17.0 Å². The van der Waals surface area contributed by atoms with Crippen molar-refractivity contribution in [3.05, 3.63) is 64.4 Å². The molecule has 0 fully saturated rings. The zero-order valence-electron chi connectivity index (χ0n) is 12.9. The van der Waals surface area contributed by atoms with E-state index in [0.29, 0.717) is 15.6 Å². The molecule has 124 valence electrons. The Kier molecular flexibility index (Phi) is 3.99. The van der Waals surface area contributed by atoms with E-state index < -0.39 is 5.97 Å². The lowest BCUT2D eigenvalue weighted by Crippen LogP contribution is -1.97. The summed E-state index contributed by atoms with van der Waals surface area (Å²) in [5.41, 5.74) is 3.18. The highest BCUT2D eigenvalue weighted by molar-refractivity contribution is 7.19. The van der Waals surface area contributed by atoms with Crippen LogP contribution in [-0.2, 0) is 4.79 Å². The van der Waals surface area contributed by atoms with Crippen LogP contribution in [-0.4, -0.2) is 25.7 Å². The minimum Gasteiger partial charge on any atom is -0.481 e. The van der Waals surface area contributed by atoms with Crippen molar-refractivity contribution in [3.63, 3.8) is 0 Å². The monoisotopic (exact) mass is 369 g/mol. The largest absolute Gasteiger partial charge is 0.481 e. The summed E-state index contributed by atoms with van der Waals surface area (Å²) < 4.78 is 2.72. The number of pyridine rings is 1. The number of fused-ring (bicyclic) bond motifs is 2. The second-order valence-electron chi connectivity index (χ2n) is 5.50. The van der Waals surface area contributed by atoms with Crippen molar-refractivity contribution in [1.82, 2.24) is 14.6 Å². The Morgan fingerprint density at radius 3 is 3.04 bits per heavy atom. The maximum atomic E-state index is 11.3. The normalized spacial score (nSPS) is 12.1. The summed E-state index contributed by atoms with van der Waals surface area (Å²) in [7, 11) is 0. The van der Waals surface area contributed by atoms with Gasteiger partial charge in [-0.25, -0.2) is 9.50 Å².